The maximum Gasteiger partial charge on any atom is 0.0832 e. The van der Waals surface area contributed by atoms with Crippen molar-refractivity contribution < 1.29 is 9.84 Å². The predicted octanol–water partition coefficient (Wildman–Crippen LogP) is 2.60. The molecule has 0 aliphatic carbocycles. The van der Waals surface area contributed by atoms with Gasteiger partial charge in [0.15, 0.2) is 0 Å². The maximum atomic E-state index is 9.91. The van der Waals surface area contributed by atoms with Gasteiger partial charge in [-0.3, -0.25) is 0 Å². The Kier molecular flexibility index (Phi) is 7.29. The van der Waals surface area contributed by atoms with Crippen LogP contribution in [0, 0.1) is 5.92 Å². The van der Waals surface area contributed by atoms with E-state index in [1.807, 2.05) is 0 Å². The highest BCUT2D eigenvalue weighted by Crippen LogP contribution is 2.18. The van der Waals surface area contributed by atoms with Crippen LogP contribution in [0.5, 0.6) is 0 Å². The minimum atomic E-state index is -0.301. The van der Waals surface area contributed by atoms with Crippen LogP contribution in [0.4, 0.5) is 0 Å². The Morgan fingerprint density at radius 3 is 2.08 bits per heavy atom. The highest BCUT2D eigenvalue weighted by Gasteiger charge is 2.22. The Morgan fingerprint density at radius 2 is 1.69 bits per heavy atom. The lowest BCUT2D eigenvalue weighted by Gasteiger charge is -2.26. The van der Waals surface area contributed by atoms with Crippen LogP contribution in [0.15, 0.2) is 0 Å². The van der Waals surface area contributed by atoms with Gasteiger partial charge in [-0.1, -0.05) is 33.6 Å². The summed E-state index contributed by atoms with van der Waals surface area (Å²) in [6.45, 7) is 6.35. The Morgan fingerprint density at radius 1 is 1.15 bits per heavy atom. The normalized spacial score (nSPS) is 18.2. The second-order valence-electron chi connectivity index (χ2n) is 3.82. The molecule has 0 aliphatic rings. The van der Waals surface area contributed by atoms with E-state index in [1.165, 1.54) is 0 Å². The van der Waals surface area contributed by atoms with Gasteiger partial charge in [-0.15, -0.1) is 0 Å². The molecule has 0 heterocycles. The van der Waals surface area contributed by atoms with Crippen molar-refractivity contribution >= 4 is 0 Å². The van der Waals surface area contributed by atoms with Crippen LogP contribution >= 0.6 is 0 Å². The van der Waals surface area contributed by atoms with E-state index < -0.39 is 0 Å². The van der Waals surface area contributed by atoms with Gasteiger partial charge in [-0.2, -0.15) is 0 Å². The molecule has 80 valence electrons. The summed E-state index contributed by atoms with van der Waals surface area (Å²) in [5.41, 5.74) is 0. The lowest BCUT2D eigenvalue weighted by molar-refractivity contribution is -0.0435. The van der Waals surface area contributed by atoms with Crippen LogP contribution in [0.25, 0.3) is 0 Å². The standard InChI is InChI=1S/C11H24O2/c1-5-7-9(3)11(12)10(13-4)8-6-2/h9-12H,5-8H2,1-4H3. The zero-order valence-electron chi connectivity index (χ0n) is 9.42. The van der Waals surface area contributed by atoms with E-state index >= 15 is 0 Å². The van der Waals surface area contributed by atoms with Crippen molar-refractivity contribution in [2.45, 2.75) is 58.7 Å². The number of rotatable bonds is 7. The predicted molar refractivity (Wildman–Crippen MR) is 55.8 cm³/mol. The lowest BCUT2D eigenvalue weighted by Crippen LogP contribution is -2.33. The summed E-state index contributed by atoms with van der Waals surface area (Å²) in [6.07, 6.45) is 3.93. The summed E-state index contributed by atoms with van der Waals surface area (Å²) in [6, 6.07) is 0. The van der Waals surface area contributed by atoms with Crippen LogP contribution < -0.4 is 0 Å². The average molecular weight is 188 g/mol. The third-order valence-corrected chi connectivity index (χ3v) is 2.58. The topological polar surface area (TPSA) is 29.5 Å². The smallest absolute Gasteiger partial charge is 0.0832 e. The van der Waals surface area contributed by atoms with Crippen molar-refractivity contribution in [1.29, 1.82) is 0 Å². The third kappa shape index (κ3) is 4.63. The quantitative estimate of drug-likeness (QED) is 0.665. The highest BCUT2D eigenvalue weighted by atomic mass is 16.5. The second kappa shape index (κ2) is 7.34. The molecular formula is C11H24O2. The van der Waals surface area contributed by atoms with Crippen LogP contribution in [0.3, 0.4) is 0 Å². The fourth-order valence-electron chi connectivity index (χ4n) is 1.71. The van der Waals surface area contributed by atoms with Gasteiger partial charge in [0.1, 0.15) is 0 Å². The number of ether oxygens (including phenoxy) is 1. The summed E-state index contributed by atoms with van der Waals surface area (Å²) in [5.74, 6) is 0.349. The Bertz CT molecular complexity index is 115. The van der Waals surface area contributed by atoms with Gasteiger partial charge in [-0.05, 0) is 18.8 Å². The van der Waals surface area contributed by atoms with Crippen molar-refractivity contribution in [1.82, 2.24) is 0 Å². The van der Waals surface area contributed by atoms with Gasteiger partial charge >= 0.3 is 0 Å². The van der Waals surface area contributed by atoms with Crippen molar-refractivity contribution in [3.05, 3.63) is 0 Å². The van der Waals surface area contributed by atoms with E-state index in [0.29, 0.717) is 5.92 Å². The first-order chi connectivity index (χ1) is 6.17. The van der Waals surface area contributed by atoms with E-state index in [-0.39, 0.29) is 12.2 Å². The molecule has 2 nitrogen and oxygen atoms in total. The number of aliphatic hydroxyl groups excluding tert-OH is 1. The van der Waals surface area contributed by atoms with Crippen LogP contribution in [0.2, 0.25) is 0 Å². The summed E-state index contributed by atoms with van der Waals surface area (Å²) in [4.78, 5) is 0. The molecule has 0 saturated carbocycles. The Hall–Kier alpha value is -0.0800. The first kappa shape index (κ1) is 12.9. The molecule has 0 aromatic heterocycles. The number of hydrogen-bond donors (Lipinski definition) is 1. The Balaban J connectivity index is 3.94. The molecule has 0 aromatic carbocycles. The summed E-state index contributed by atoms with van der Waals surface area (Å²) < 4.78 is 5.27. The van der Waals surface area contributed by atoms with Crippen molar-refractivity contribution in [3.63, 3.8) is 0 Å². The molecule has 0 saturated heterocycles. The number of hydrogen-bond acceptors (Lipinski definition) is 2. The largest absolute Gasteiger partial charge is 0.390 e. The molecule has 0 aliphatic heterocycles. The van der Waals surface area contributed by atoms with Gasteiger partial charge in [0.2, 0.25) is 0 Å². The van der Waals surface area contributed by atoms with E-state index in [2.05, 4.69) is 20.8 Å². The third-order valence-electron chi connectivity index (χ3n) is 2.58. The van der Waals surface area contributed by atoms with Gasteiger partial charge in [0, 0.05) is 7.11 Å². The van der Waals surface area contributed by atoms with Crippen LogP contribution in [-0.2, 0) is 4.74 Å². The summed E-state index contributed by atoms with van der Waals surface area (Å²) >= 11 is 0. The molecule has 0 spiro atoms. The fourth-order valence-corrected chi connectivity index (χ4v) is 1.71. The first-order valence-electron chi connectivity index (χ1n) is 5.38. The molecule has 0 fully saturated rings. The van der Waals surface area contributed by atoms with Crippen LogP contribution in [0.1, 0.15) is 46.5 Å². The van der Waals surface area contributed by atoms with E-state index in [4.69, 9.17) is 4.74 Å². The molecule has 0 rings (SSSR count). The second-order valence-corrected chi connectivity index (χ2v) is 3.82. The molecule has 1 N–H and O–H groups in total. The molecule has 0 aromatic rings. The summed E-state index contributed by atoms with van der Waals surface area (Å²) in [7, 11) is 1.68. The van der Waals surface area contributed by atoms with E-state index in [1.54, 1.807) is 7.11 Å². The van der Waals surface area contributed by atoms with E-state index in [9.17, 15) is 5.11 Å². The number of aliphatic hydroxyl groups is 1. The summed E-state index contributed by atoms with van der Waals surface area (Å²) in [5, 5.41) is 9.91. The van der Waals surface area contributed by atoms with E-state index in [0.717, 1.165) is 25.7 Å². The number of methoxy groups -OCH3 is 1. The van der Waals surface area contributed by atoms with Gasteiger partial charge in [0.25, 0.3) is 0 Å². The molecule has 3 atom stereocenters. The fraction of sp³-hybridized carbons (Fsp3) is 1.00. The molecule has 0 amide bonds. The molecular weight excluding hydrogens is 164 g/mol. The zero-order chi connectivity index (χ0) is 10.3. The molecule has 0 radical (unpaired) electrons. The average Bonchev–Trinajstić information content (AvgIpc) is 2.13. The SMILES string of the molecule is CCCC(C)C(O)C(CCC)OC. The lowest BCUT2D eigenvalue weighted by atomic mass is 9.93. The molecule has 0 bridgehead atoms. The molecule has 13 heavy (non-hydrogen) atoms. The molecule has 2 heteroatoms. The minimum absolute atomic E-state index is 0.0200. The van der Waals surface area contributed by atoms with Gasteiger partial charge in [0.05, 0.1) is 12.2 Å². The monoisotopic (exact) mass is 188 g/mol. The van der Waals surface area contributed by atoms with Crippen molar-refractivity contribution in [2.75, 3.05) is 7.11 Å². The Labute approximate surface area is 82.3 Å². The van der Waals surface area contributed by atoms with Crippen molar-refractivity contribution in [3.8, 4) is 0 Å². The van der Waals surface area contributed by atoms with Gasteiger partial charge in [-0.25, -0.2) is 0 Å². The first-order valence-corrected chi connectivity index (χ1v) is 5.38. The maximum absolute atomic E-state index is 9.91. The molecule has 3 unspecified atom stereocenters. The van der Waals surface area contributed by atoms with Crippen molar-refractivity contribution in [2.24, 2.45) is 5.92 Å². The van der Waals surface area contributed by atoms with Gasteiger partial charge < -0.3 is 9.84 Å². The zero-order valence-corrected chi connectivity index (χ0v) is 9.42. The minimum Gasteiger partial charge on any atom is -0.390 e. The van der Waals surface area contributed by atoms with Crippen LogP contribution in [-0.4, -0.2) is 24.4 Å². The highest BCUT2D eigenvalue weighted by molar-refractivity contribution is 4.73.